The normalized spacial score (nSPS) is 10.7. The van der Waals surface area contributed by atoms with E-state index in [1.807, 2.05) is 0 Å². The molecule has 1 amide bonds. The maximum Gasteiger partial charge on any atom is 0.255 e. The third-order valence-corrected chi connectivity index (χ3v) is 2.68. The summed E-state index contributed by atoms with van der Waals surface area (Å²) in [5.41, 5.74) is 0.258. The Labute approximate surface area is 115 Å². The van der Waals surface area contributed by atoms with Crippen LogP contribution in [-0.4, -0.2) is 30.8 Å². The fourth-order valence-corrected chi connectivity index (χ4v) is 1.70. The Balaban J connectivity index is 2.39. The number of rotatable bonds is 6. The lowest BCUT2D eigenvalue weighted by Gasteiger charge is -2.09. The predicted molar refractivity (Wildman–Crippen MR) is 73.8 cm³/mol. The van der Waals surface area contributed by atoms with Gasteiger partial charge in [-0.05, 0) is 24.1 Å². The molecule has 0 bridgehead atoms. The number of carbonyl (C=O) groups is 1. The highest BCUT2D eigenvalue weighted by molar-refractivity contribution is 9.10. The third-order valence-electron chi connectivity index (χ3n) is 2.19. The minimum atomic E-state index is -0.304. The highest BCUT2D eigenvalue weighted by Crippen LogP contribution is 2.21. The monoisotopic (exact) mass is 315 g/mol. The zero-order valence-electron chi connectivity index (χ0n) is 10.6. The molecule has 1 rings (SSSR count). The number of phenols is 1. The van der Waals surface area contributed by atoms with Gasteiger partial charge in [0, 0.05) is 17.6 Å². The smallest absolute Gasteiger partial charge is 0.255 e. The number of amides is 1. The molecule has 100 valence electrons. The Hall–Kier alpha value is -1.07. The van der Waals surface area contributed by atoms with Gasteiger partial charge in [-0.15, -0.1) is 0 Å². The zero-order valence-corrected chi connectivity index (χ0v) is 12.2. The molecule has 18 heavy (non-hydrogen) atoms. The van der Waals surface area contributed by atoms with E-state index < -0.39 is 0 Å². The van der Waals surface area contributed by atoms with Crippen LogP contribution in [0, 0.1) is 5.92 Å². The average molecular weight is 316 g/mol. The molecule has 0 saturated carbocycles. The van der Waals surface area contributed by atoms with Crippen LogP contribution in [0.5, 0.6) is 5.75 Å². The summed E-state index contributed by atoms with van der Waals surface area (Å²) in [6, 6.07) is 4.74. The van der Waals surface area contributed by atoms with Gasteiger partial charge in [0.2, 0.25) is 0 Å². The van der Waals surface area contributed by atoms with Crippen LogP contribution in [0.1, 0.15) is 24.2 Å². The molecule has 0 aliphatic rings. The lowest BCUT2D eigenvalue weighted by atomic mass is 10.2. The molecule has 2 N–H and O–H groups in total. The molecule has 0 aromatic heterocycles. The number of halogens is 1. The van der Waals surface area contributed by atoms with Gasteiger partial charge >= 0.3 is 0 Å². The second-order valence-corrected chi connectivity index (χ2v) is 5.30. The summed E-state index contributed by atoms with van der Waals surface area (Å²) >= 11 is 3.26. The molecular weight excluding hydrogens is 298 g/mol. The summed E-state index contributed by atoms with van der Waals surface area (Å²) in [6.45, 7) is 5.71. The second kappa shape index (κ2) is 7.38. The van der Waals surface area contributed by atoms with Crippen LogP contribution >= 0.6 is 15.9 Å². The van der Waals surface area contributed by atoms with Crippen molar-refractivity contribution in [2.75, 3.05) is 19.8 Å². The first-order valence-electron chi connectivity index (χ1n) is 5.85. The molecule has 0 heterocycles. The second-order valence-electron chi connectivity index (χ2n) is 4.39. The van der Waals surface area contributed by atoms with Crippen molar-refractivity contribution in [3.8, 4) is 5.75 Å². The minimum absolute atomic E-state index is 0.0289. The van der Waals surface area contributed by atoms with E-state index in [1.54, 1.807) is 12.1 Å². The maximum atomic E-state index is 11.8. The van der Waals surface area contributed by atoms with Crippen molar-refractivity contribution in [3.63, 3.8) is 0 Å². The molecule has 0 aliphatic heterocycles. The first-order chi connectivity index (χ1) is 8.50. The van der Waals surface area contributed by atoms with Gasteiger partial charge < -0.3 is 15.2 Å². The molecule has 1 aromatic rings. The van der Waals surface area contributed by atoms with Crippen molar-refractivity contribution in [1.29, 1.82) is 0 Å². The molecule has 0 spiro atoms. The molecule has 5 heteroatoms. The molecule has 0 fully saturated rings. The Kier molecular flexibility index (Phi) is 6.15. The van der Waals surface area contributed by atoms with Crippen molar-refractivity contribution >= 4 is 21.8 Å². The van der Waals surface area contributed by atoms with Crippen LogP contribution in [0.3, 0.4) is 0 Å². The zero-order chi connectivity index (χ0) is 13.5. The summed E-state index contributed by atoms with van der Waals surface area (Å²) in [5, 5.41) is 12.3. The standard InChI is InChI=1S/C13H18BrNO3/c1-9(2)8-18-6-5-15-13(17)11-7-10(14)3-4-12(11)16/h3-4,7,9,16H,5-6,8H2,1-2H3,(H,15,17). The first kappa shape index (κ1) is 15.0. The Bertz CT molecular complexity index is 407. The topological polar surface area (TPSA) is 58.6 Å². The van der Waals surface area contributed by atoms with Crippen LogP contribution in [0.4, 0.5) is 0 Å². The minimum Gasteiger partial charge on any atom is -0.507 e. The van der Waals surface area contributed by atoms with Crippen LogP contribution in [0.15, 0.2) is 22.7 Å². The van der Waals surface area contributed by atoms with E-state index in [0.717, 1.165) is 4.47 Å². The van der Waals surface area contributed by atoms with E-state index in [4.69, 9.17) is 4.74 Å². The van der Waals surface area contributed by atoms with Crippen molar-refractivity contribution in [1.82, 2.24) is 5.32 Å². The fourth-order valence-electron chi connectivity index (χ4n) is 1.34. The highest BCUT2D eigenvalue weighted by atomic mass is 79.9. The van der Waals surface area contributed by atoms with Gasteiger partial charge in [0.1, 0.15) is 5.75 Å². The largest absolute Gasteiger partial charge is 0.507 e. The van der Waals surface area contributed by atoms with Gasteiger partial charge in [-0.2, -0.15) is 0 Å². The van der Waals surface area contributed by atoms with E-state index >= 15 is 0 Å². The van der Waals surface area contributed by atoms with Gasteiger partial charge in [-0.1, -0.05) is 29.8 Å². The van der Waals surface area contributed by atoms with E-state index in [9.17, 15) is 9.90 Å². The first-order valence-corrected chi connectivity index (χ1v) is 6.64. The summed E-state index contributed by atoms with van der Waals surface area (Å²) in [5.74, 6) is 0.149. The van der Waals surface area contributed by atoms with E-state index in [1.165, 1.54) is 6.07 Å². The maximum absolute atomic E-state index is 11.8. The summed E-state index contributed by atoms with van der Waals surface area (Å²) < 4.78 is 6.10. The molecular formula is C13H18BrNO3. The predicted octanol–water partition coefficient (Wildman–Crippen LogP) is 2.56. The van der Waals surface area contributed by atoms with Crippen LogP contribution in [-0.2, 0) is 4.74 Å². The molecule has 0 atom stereocenters. The molecule has 0 radical (unpaired) electrons. The van der Waals surface area contributed by atoms with Crippen LogP contribution in [0.25, 0.3) is 0 Å². The summed E-state index contributed by atoms with van der Waals surface area (Å²) in [4.78, 5) is 11.8. The quantitative estimate of drug-likeness (QED) is 0.793. The van der Waals surface area contributed by atoms with E-state index in [2.05, 4.69) is 35.1 Å². The molecule has 0 aliphatic carbocycles. The fraction of sp³-hybridized carbons (Fsp3) is 0.462. The molecule has 4 nitrogen and oxygen atoms in total. The van der Waals surface area contributed by atoms with Gasteiger partial charge in [-0.3, -0.25) is 4.79 Å². The molecule has 0 saturated heterocycles. The highest BCUT2D eigenvalue weighted by Gasteiger charge is 2.10. The van der Waals surface area contributed by atoms with Crippen molar-refractivity contribution in [2.45, 2.75) is 13.8 Å². The van der Waals surface area contributed by atoms with Crippen molar-refractivity contribution in [2.24, 2.45) is 5.92 Å². The van der Waals surface area contributed by atoms with E-state index in [0.29, 0.717) is 25.7 Å². The van der Waals surface area contributed by atoms with Crippen molar-refractivity contribution in [3.05, 3.63) is 28.2 Å². The van der Waals surface area contributed by atoms with Crippen molar-refractivity contribution < 1.29 is 14.6 Å². The Morgan fingerprint density at radius 3 is 2.89 bits per heavy atom. The van der Waals surface area contributed by atoms with Gasteiger partial charge in [0.05, 0.1) is 12.2 Å². The number of phenolic OH excluding ortho intramolecular Hbond substituents is 1. The van der Waals surface area contributed by atoms with Gasteiger partial charge in [-0.25, -0.2) is 0 Å². The summed E-state index contributed by atoms with van der Waals surface area (Å²) in [7, 11) is 0. The molecule has 1 aromatic carbocycles. The van der Waals surface area contributed by atoms with Gasteiger partial charge in [0.15, 0.2) is 0 Å². The number of hydrogen-bond donors (Lipinski definition) is 2. The lowest BCUT2D eigenvalue weighted by molar-refractivity contribution is 0.0884. The molecule has 0 unspecified atom stereocenters. The third kappa shape index (κ3) is 5.06. The number of nitrogens with one attached hydrogen (secondary N) is 1. The number of hydrogen-bond acceptors (Lipinski definition) is 3. The SMILES string of the molecule is CC(C)COCCNC(=O)c1cc(Br)ccc1O. The van der Waals surface area contributed by atoms with Gasteiger partial charge in [0.25, 0.3) is 5.91 Å². The van der Waals surface area contributed by atoms with Crippen LogP contribution < -0.4 is 5.32 Å². The Morgan fingerprint density at radius 2 is 2.22 bits per heavy atom. The van der Waals surface area contributed by atoms with E-state index in [-0.39, 0.29) is 17.2 Å². The number of aromatic hydroxyl groups is 1. The average Bonchev–Trinajstić information content (AvgIpc) is 2.31. The van der Waals surface area contributed by atoms with Crippen LogP contribution in [0.2, 0.25) is 0 Å². The number of benzene rings is 1. The lowest BCUT2D eigenvalue weighted by Crippen LogP contribution is -2.27. The Morgan fingerprint density at radius 1 is 1.50 bits per heavy atom. The number of carbonyl (C=O) groups excluding carboxylic acids is 1. The summed E-state index contributed by atoms with van der Waals surface area (Å²) in [6.07, 6.45) is 0. The number of ether oxygens (including phenoxy) is 1.